The summed E-state index contributed by atoms with van der Waals surface area (Å²) in [5.41, 5.74) is 0.893. The monoisotopic (exact) mass is 497 g/mol. The van der Waals surface area contributed by atoms with Crippen LogP contribution in [0, 0.1) is 5.82 Å². The number of carbonyl (C=O) groups excluding carboxylic acids is 2. The second-order valence-electron chi connectivity index (χ2n) is 7.61. The van der Waals surface area contributed by atoms with E-state index in [9.17, 15) is 22.4 Å². The predicted molar refractivity (Wildman–Crippen MR) is 128 cm³/mol. The highest BCUT2D eigenvalue weighted by molar-refractivity contribution is 7.92. The standard InChI is InChI=1S/C23H29ClFN3O4S/c1-4-14-26-23(30)21(5-2)27(15-17-6-8-18(24)9-7-17)22(29)16-28(33(3,31)32)20-12-10-19(25)11-13-20/h6-13,21H,4-5,14-16H2,1-3H3,(H,26,30)/t21-/m0/s1. The molecule has 0 fully saturated rings. The van der Waals surface area contributed by atoms with Crippen molar-refractivity contribution >= 4 is 39.1 Å². The van der Waals surface area contributed by atoms with E-state index in [4.69, 9.17) is 11.6 Å². The molecular formula is C23H29ClFN3O4S. The molecule has 0 saturated heterocycles. The maximum Gasteiger partial charge on any atom is 0.244 e. The molecule has 0 aliphatic carbocycles. The van der Waals surface area contributed by atoms with Gasteiger partial charge in [-0.15, -0.1) is 0 Å². The summed E-state index contributed by atoms with van der Waals surface area (Å²) < 4.78 is 39.2. The summed E-state index contributed by atoms with van der Waals surface area (Å²) >= 11 is 5.96. The number of halogens is 2. The Hall–Kier alpha value is -2.65. The molecule has 10 heteroatoms. The topological polar surface area (TPSA) is 86.8 Å². The fourth-order valence-electron chi connectivity index (χ4n) is 3.29. The average Bonchev–Trinajstić information content (AvgIpc) is 2.77. The van der Waals surface area contributed by atoms with Crippen molar-refractivity contribution in [2.45, 2.75) is 39.3 Å². The van der Waals surface area contributed by atoms with E-state index in [1.54, 1.807) is 31.2 Å². The van der Waals surface area contributed by atoms with E-state index in [-0.39, 0.29) is 18.1 Å². The van der Waals surface area contributed by atoms with Crippen molar-refractivity contribution < 1.29 is 22.4 Å². The van der Waals surface area contributed by atoms with E-state index in [0.29, 0.717) is 18.0 Å². The highest BCUT2D eigenvalue weighted by atomic mass is 35.5. The van der Waals surface area contributed by atoms with Crippen molar-refractivity contribution in [1.29, 1.82) is 0 Å². The molecule has 0 saturated carbocycles. The van der Waals surface area contributed by atoms with Gasteiger partial charge in [0.15, 0.2) is 0 Å². The van der Waals surface area contributed by atoms with Gasteiger partial charge in [0, 0.05) is 18.1 Å². The van der Waals surface area contributed by atoms with Gasteiger partial charge in [-0.1, -0.05) is 37.6 Å². The van der Waals surface area contributed by atoms with Crippen molar-refractivity contribution in [2.75, 3.05) is 23.7 Å². The molecule has 1 N–H and O–H groups in total. The molecule has 0 aromatic heterocycles. The SMILES string of the molecule is CCCNC(=O)[C@H](CC)N(Cc1ccc(Cl)cc1)C(=O)CN(c1ccc(F)cc1)S(C)(=O)=O. The number of hydrogen-bond acceptors (Lipinski definition) is 4. The van der Waals surface area contributed by atoms with Crippen LogP contribution in [0.3, 0.4) is 0 Å². The number of nitrogens with one attached hydrogen (secondary N) is 1. The quantitative estimate of drug-likeness (QED) is 0.514. The van der Waals surface area contributed by atoms with Gasteiger partial charge in [-0.3, -0.25) is 13.9 Å². The smallest absolute Gasteiger partial charge is 0.244 e. The lowest BCUT2D eigenvalue weighted by Gasteiger charge is -2.32. The maximum absolute atomic E-state index is 13.4. The highest BCUT2D eigenvalue weighted by Crippen LogP contribution is 2.20. The van der Waals surface area contributed by atoms with Crippen molar-refractivity contribution in [2.24, 2.45) is 0 Å². The number of benzene rings is 2. The lowest BCUT2D eigenvalue weighted by molar-refractivity contribution is -0.140. The van der Waals surface area contributed by atoms with Crippen molar-refractivity contribution in [3.05, 3.63) is 64.9 Å². The van der Waals surface area contributed by atoms with Crippen molar-refractivity contribution in [3.8, 4) is 0 Å². The molecule has 2 rings (SSSR count). The third-order valence-electron chi connectivity index (χ3n) is 5.00. The van der Waals surface area contributed by atoms with Gasteiger partial charge in [-0.05, 0) is 54.8 Å². The minimum Gasteiger partial charge on any atom is -0.354 e. The summed E-state index contributed by atoms with van der Waals surface area (Å²) in [6.07, 6.45) is 2.04. The Balaban J connectivity index is 2.39. The first kappa shape index (κ1) is 26.6. The number of rotatable bonds is 11. The summed E-state index contributed by atoms with van der Waals surface area (Å²) in [7, 11) is -3.86. The van der Waals surface area contributed by atoms with E-state index in [1.807, 2.05) is 6.92 Å². The highest BCUT2D eigenvalue weighted by Gasteiger charge is 2.31. The Labute approximate surface area is 199 Å². The minimum atomic E-state index is -3.86. The van der Waals surface area contributed by atoms with E-state index >= 15 is 0 Å². The number of anilines is 1. The molecule has 0 aliphatic heterocycles. The van der Waals surface area contributed by atoms with E-state index in [2.05, 4.69) is 5.32 Å². The Morgan fingerprint density at radius 2 is 1.67 bits per heavy atom. The van der Waals surface area contributed by atoms with E-state index in [0.717, 1.165) is 34.7 Å². The number of hydrogen-bond donors (Lipinski definition) is 1. The van der Waals surface area contributed by atoms with Crippen LogP contribution in [0.4, 0.5) is 10.1 Å². The third-order valence-corrected chi connectivity index (χ3v) is 6.39. The van der Waals surface area contributed by atoms with E-state index in [1.165, 1.54) is 17.0 Å². The number of sulfonamides is 1. The number of nitrogens with zero attached hydrogens (tertiary/aromatic N) is 2. The first-order chi connectivity index (χ1) is 15.6. The van der Waals surface area contributed by atoms with Crippen LogP contribution in [-0.4, -0.2) is 50.5 Å². The summed E-state index contributed by atoms with van der Waals surface area (Å²) in [5.74, 6) is -1.39. The molecule has 0 radical (unpaired) electrons. The van der Waals surface area contributed by atoms with Gasteiger partial charge in [-0.25, -0.2) is 12.8 Å². The Bertz CT molecular complexity index is 1050. The van der Waals surface area contributed by atoms with Gasteiger partial charge < -0.3 is 10.2 Å². The molecule has 33 heavy (non-hydrogen) atoms. The van der Waals surface area contributed by atoms with Crippen molar-refractivity contribution in [1.82, 2.24) is 10.2 Å². The van der Waals surface area contributed by atoms with Crippen molar-refractivity contribution in [3.63, 3.8) is 0 Å². The van der Waals surface area contributed by atoms with E-state index < -0.39 is 34.3 Å². The fourth-order valence-corrected chi connectivity index (χ4v) is 4.27. The summed E-state index contributed by atoms with van der Waals surface area (Å²) in [6.45, 7) is 3.73. The van der Waals surface area contributed by atoms with Gasteiger partial charge >= 0.3 is 0 Å². The number of amides is 2. The van der Waals surface area contributed by atoms with Gasteiger partial charge in [0.25, 0.3) is 0 Å². The molecule has 0 unspecified atom stereocenters. The van der Waals surface area contributed by atoms with Gasteiger partial charge in [-0.2, -0.15) is 0 Å². The molecule has 0 aliphatic rings. The van der Waals surface area contributed by atoms with Gasteiger partial charge in [0.1, 0.15) is 18.4 Å². The Morgan fingerprint density at radius 3 is 2.18 bits per heavy atom. The second kappa shape index (κ2) is 12.0. The molecule has 2 aromatic carbocycles. The average molecular weight is 498 g/mol. The molecule has 7 nitrogen and oxygen atoms in total. The fraction of sp³-hybridized carbons (Fsp3) is 0.391. The molecule has 2 amide bonds. The molecule has 0 spiro atoms. The number of carbonyl (C=O) groups is 2. The minimum absolute atomic E-state index is 0.0923. The molecule has 0 bridgehead atoms. The zero-order valence-electron chi connectivity index (χ0n) is 18.9. The zero-order valence-corrected chi connectivity index (χ0v) is 20.5. The maximum atomic E-state index is 13.4. The summed E-state index contributed by atoms with van der Waals surface area (Å²) in [5, 5.41) is 3.34. The Morgan fingerprint density at radius 1 is 1.06 bits per heavy atom. The van der Waals surface area contributed by atoms with Crippen LogP contribution < -0.4 is 9.62 Å². The van der Waals surface area contributed by atoms with Crippen LogP contribution in [0.2, 0.25) is 5.02 Å². The summed E-state index contributed by atoms with van der Waals surface area (Å²) in [4.78, 5) is 27.6. The van der Waals surface area contributed by atoms with Crippen LogP contribution in [0.5, 0.6) is 0 Å². The molecule has 2 aromatic rings. The van der Waals surface area contributed by atoms with Crippen LogP contribution >= 0.6 is 11.6 Å². The third kappa shape index (κ3) is 7.71. The molecule has 180 valence electrons. The first-order valence-corrected chi connectivity index (χ1v) is 12.8. The zero-order chi connectivity index (χ0) is 24.6. The van der Waals surface area contributed by atoms with Gasteiger partial charge in [0.05, 0.1) is 11.9 Å². The van der Waals surface area contributed by atoms with Crippen LogP contribution in [0.15, 0.2) is 48.5 Å². The van der Waals surface area contributed by atoms with Crippen LogP contribution in [-0.2, 0) is 26.2 Å². The lowest BCUT2D eigenvalue weighted by Crippen LogP contribution is -2.52. The van der Waals surface area contributed by atoms with Gasteiger partial charge in [0.2, 0.25) is 21.8 Å². The van der Waals surface area contributed by atoms with Crippen LogP contribution in [0.25, 0.3) is 0 Å². The lowest BCUT2D eigenvalue weighted by atomic mass is 10.1. The summed E-state index contributed by atoms with van der Waals surface area (Å²) in [6, 6.07) is 10.9. The normalized spacial score (nSPS) is 12.2. The Kier molecular flexibility index (Phi) is 9.67. The predicted octanol–water partition coefficient (Wildman–Crippen LogP) is 3.58. The molecular weight excluding hydrogens is 469 g/mol. The molecule has 0 heterocycles. The second-order valence-corrected chi connectivity index (χ2v) is 9.95. The first-order valence-electron chi connectivity index (χ1n) is 10.6. The largest absolute Gasteiger partial charge is 0.354 e. The van der Waals surface area contributed by atoms with Crippen LogP contribution in [0.1, 0.15) is 32.3 Å². The molecule has 1 atom stereocenters.